The number of rotatable bonds is 3. The largest absolute Gasteiger partial charge is 0.353 e. The van der Waals surface area contributed by atoms with Crippen molar-refractivity contribution in [2.75, 3.05) is 19.6 Å². The first-order valence-electron chi connectivity index (χ1n) is 7.49. The molecule has 1 aromatic rings. The standard InChI is InChI=1S/C15H21FN4O.ClH/c16-11-3-1-10(2-4-11)14-13(9-18-20-14)15(21)19-12-5-7-17-8-6-12;/h1-4,12-14,17-18,20H,5-9H2,(H,19,21);1H. The normalized spacial score (nSPS) is 25.5. The van der Waals surface area contributed by atoms with Crippen molar-refractivity contribution in [1.82, 2.24) is 21.5 Å². The lowest BCUT2D eigenvalue weighted by atomic mass is 9.93. The van der Waals surface area contributed by atoms with E-state index in [-0.39, 0.29) is 42.1 Å². The molecule has 3 rings (SSSR count). The monoisotopic (exact) mass is 328 g/mol. The van der Waals surface area contributed by atoms with E-state index >= 15 is 0 Å². The van der Waals surface area contributed by atoms with Crippen LogP contribution in [0.15, 0.2) is 24.3 Å². The first kappa shape index (κ1) is 17.1. The number of hydrogen-bond donors (Lipinski definition) is 4. The first-order chi connectivity index (χ1) is 10.2. The zero-order chi connectivity index (χ0) is 14.7. The minimum absolute atomic E-state index is 0. The molecule has 0 bridgehead atoms. The zero-order valence-electron chi connectivity index (χ0n) is 12.3. The van der Waals surface area contributed by atoms with E-state index in [0.29, 0.717) is 6.54 Å². The average Bonchev–Trinajstić information content (AvgIpc) is 2.98. The maximum Gasteiger partial charge on any atom is 0.226 e. The van der Waals surface area contributed by atoms with Gasteiger partial charge in [0, 0.05) is 12.6 Å². The topological polar surface area (TPSA) is 65.2 Å². The second-order valence-electron chi connectivity index (χ2n) is 5.69. The molecule has 0 saturated carbocycles. The fourth-order valence-corrected chi connectivity index (χ4v) is 3.00. The molecule has 0 aromatic heterocycles. The number of hydrazine groups is 1. The average molecular weight is 329 g/mol. The van der Waals surface area contributed by atoms with Crippen molar-refractivity contribution in [3.05, 3.63) is 35.6 Å². The fraction of sp³-hybridized carbons (Fsp3) is 0.533. The highest BCUT2D eigenvalue weighted by Gasteiger charge is 2.34. The molecule has 7 heteroatoms. The van der Waals surface area contributed by atoms with Gasteiger partial charge >= 0.3 is 0 Å². The fourth-order valence-electron chi connectivity index (χ4n) is 3.00. The predicted molar refractivity (Wildman–Crippen MR) is 85.1 cm³/mol. The number of hydrogen-bond acceptors (Lipinski definition) is 4. The maximum atomic E-state index is 13.0. The molecule has 2 heterocycles. The van der Waals surface area contributed by atoms with Gasteiger partial charge in [0.1, 0.15) is 5.82 Å². The molecule has 2 saturated heterocycles. The van der Waals surface area contributed by atoms with Crippen molar-refractivity contribution in [3.63, 3.8) is 0 Å². The van der Waals surface area contributed by atoms with Gasteiger partial charge in [0.25, 0.3) is 0 Å². The van der Waals surface area contributed by atoms with Gasteiger partial charge in [-0.15, -0.1) is 12.4 Å². The number of carbonyl (C=O) groups excluding carboxylic acids is 1. The lowest BCUT2D eigenvalue weighted by molar-refractivity contribution is -0.125. The van der Waals surface area contributed by atoms with E-state index in [9.17, 15) is 9.18 Å². The third kappa shape index (κ3) is 3.95. The van der Waals surface area contributed by atoms with Crippen LogP contribution in [0.25, 0.3) is 0 Å². The van der Waals surface area contributed by atoms with Gasteiger partial charge in [-0.25, -0.2) is 9.82 Å². The molecule has 1 aromatic carbocycles. The highest BCUT2D eigenvalue weighted by Crippen LogP contribution is 2.25. The number of piperidine rings is 1. The summed E-state index contributed by atoms with van der Waals surface area (Å²) in [7, 11) is 0. The van der Waals surface area contributed by atoms with Gasteiger partial charge in [0.2, 0.25) is 5.91 Å². The number of benzene rings is 1. The Morgan fingerprint density at radius 3 is 2.55 bits per heavy atom. The highest BCUT2D eigenvalue weighted by molar-refractivity contribution is 5.85. The Kier molecular flexibility index (Phi) is 6.14. The first-order valence-corrected chi connectivity index (χ1v) is 7.49. The van der Waals surface area contributed by atoms with Crippen LogP contribution in [0.5, 0.6) is 0 Å². The molecule has 0 radical (unpaired) electrons. The molecule has 2 aliphatic heterocycles. The lowest BCUT2D eigenvalue weighted by Crippen LogP contribution is -2.46. The second kappa shape index (κ2) is 7.87. The van der Waals surface area contributed by atoms with Gasteiger partial charge in [-0.3, -0.25) is 10.2 Å². The molecule has 4 N–H and O–H groups in total. The highest BCUT2D eigenvalue weighted by atomic mass is 35.5. The van der Waals surface area contributed by atoms with Gasteiger partial charge in [0.05, 0.1) is 12.0 Å². The lowest BCUT2D eigenvalue weighted by Gasteiger charge is -2.26. The summed E-state index contributed by atoms with van der Waals surface area (Å²) in [6.07, 6.45) is 1.95. The van der Waals surface area contributed by atoms with Crippen LogP contribution in [0.3, 0.4) is 0 Å². The van der Waals surface area contributed by atoms with Gasteiger partial charge in [-0.2, -0.15) is 0 Å². The molecular weight excluding hydrogens is 307 g/mol. The summed E-state index contributed by atoms with van der Waals surface area (Å²) in [6.45, 7) is 2.49. The Labute approximate surface area is 135 Å². The molecule has 2 aliphatic rings. The molecule has 0 spiro atoms. The van der Waals surface area contributed by atoms with E-state index in [0.717, 1.165) is 31.5 Å². The summed E-state index contributed by atoms with van der Waals surface area (Å²) in [4.78, 5) is 12.5. The SMILES string of the molecule is Cl.O=C(NC1CCNCC1)C1CNNC1c1ccc(F)cc1. The van der Waals surface area contributed by atoms with Crippen LogP contribution in [0.2, 0.25) is 0 Å². The summed E-state index contributed by atoms with van der Waals surface area (Å²) in [5.74, 6) is -0.375. The summed E-state index contributed by atoms with van der Waals surface area (Å²) in [5.41, 5.74) is 7.07. The molecule has 0 aliphatic carbocycles. The minimum atomic E-state index is -0.264. The minimum Gasteiger partial charge on any atom is -0.353 e. The predicted octanol–water partition coefficient (Wildman–Crippen LogP) is 0.881. The smallest absolute Gasteiger partial charge is 0.226 e. The van der Waals surface area contributed by atoms with Crippen molar-refractivity contribution in [2.24, 2.45) is 5.92 Å². The van der Waals surface area contributed by atoms with Crippen LogP contribution in [0, 0.1) is 11.7 Å². The van der Waals surface area contributed by atoms with Gasteiger partial charge in [-0.05, 0) is 43.6 Å². The van der Waals surface area contributed by atoms with Crippen molar-refractivity contribution < 1.29 is 9.18 Å². The van der Waals surface area contributed by atoms with E-state index in [1.807, 2.05) is 0 Å². The van der Waals surface area contributed by atoms with Crippen LogP contribution in [-0.2, 0) is 4.79 Å². The molecule has 2 unspecified atom stereocenters. The van der Waals surface area contributed by atoms with Crippen LogP contribution in [0.1, 0.15) is 24.4 Å². The number of amides is 1. The van der Waals surface area contributed by atoms with Crippen molar-refractivity contribution in [1.29, 1.82) is 0 Å². The van der Waals surface area contributed by atoms with Crippen LogP contribution < -0.4 is 21.5 Å². The molecular formula is C15H22ClFN4O. The Morgan fingerprint density at radius 2 is 1.86 bits per heavy atom. The summed E-state index contributed by atoms with van der Waals surface area (Å²) >= 11 is 0. The van der Waals surface area contributed by atoms with E-state index < -0.39 is 0 Å². The Morgan fingerprint density at radius 1 is 1.18 bits per heavy atom. The molecule has 2 fully saturated rings. The van der Waals surface area contributed by atoms with Crippen molar-refractivity contribution in [3.8, 4) is 0 Å². The molecule has 122 valence electrons. The van der Waals surface area contributed by atoms with Gasteiger partial charge in [0.15, 0.2) is 0 Å². The van der Waals surface area contributed by atoms with Crippen LogP contribution in [0.4, 0.5) is 4.39 Å². The van der Waals surface area contributed by atoms with Crippen molar-refractivity contribution >= 4 is 18.3 Å². The Hall–Kier alpha value is -1.21. The van der Waals surface area contributed by atoms with Crippen LogP contribution >= 0.6 is 12.4 Å². The molecule has 1 amide bonds. The zero-order valence-corrected chi connectivity index (χ0v) is 13.1. The van der Waals surface area contributed by atoms with Crippen LogP contribution in [-0.4, -0.2) is 31.6 Å². The third-order valence-electron chi connectivity index (χ3n) is 4.23. The Bertz CT molecular complexity index is 493. The molecule has 5 nitrogen and oxygen atoms in total. The summed E-state index contributed by atoms with van der Waals surface area (Å²) in [5, 5.41) is 6.42. The van der Waals surface area contributed by atoms with Gasteiger partial charge in [-0.1, -0.05) is 12.1 Å². The molecule has 2 atom stereocenters. The quantitative estimate of drug-likeness (QED) is 0.665. The van der Waals surface area contributed by atoms with Crippen molar-refractivity contribution in [2.45, 2.75) is 24.9 Å². The van der Waals surface area contributed by atoms with E-state index in [1.165, 1.54) is 12.1 Å². The van der Waals surface area contributed by atoms with E-state index in [4.69, 9.17) is 0 Å². The number of halogens is 2. The third-order valence-corrected chi connectivity index (χ3v) is 4.23. The van der Waals surface area contributed by atoms with E-state index in [1.54, 1.807) is 12.1 Å². The number of carbonyl (C=O) groups is 1. The summed E-state index contributed by atoms with van der Waals surface area (Å²) in [6, 6.07) is 6.45. The maximum absolute atomic E-state index is 13.0. The summed E-state index contributed by atoms with van der Waals surface area (Å²) < 4.78 is 13.0. The second-order valence-corrected chi connectivity index (χ2v) is 5.69. The van der Waals surface area contributed by atoms with Gasteiger partial charge < -0.3 is 10.6 Å². The Balaban J connectivity index is 0.00000176. The number of nitrogens with one attached hydrogen (secondary N) is 4. The molecule has 22 heavy (non-hydrogen) atoms. The van der Waals surface area contributed by atoms with E-state index in [2.05, 4.69) is 21.5 Å².